The molecule has 2 unspecified atom stereocenters. The molecule has 9 rings (SSSR count). The van der Waals surface area contributed by atoms with Gasteiger partial charge in [0.05, 0.1) is 59.9 Å². The number of imide groups is 1. The van der Waals surface area contributed by atoms with Gasteiger partial charge in [0.2, 0.25) is 11.8 Å². The number of ether oxygens (including phenoxy) is 1. The highest BCUT2D eigenvalue weighted by Crippen LogP contribution is 2.35. The molecule has 16 nitrogen and oxygen atoms in total. The summed E-state index contributed by atoms with van der Waals surface area (Å²) in [7, 11) is 0. The highest BCUT2D eigenvalue weighted by Gasteiger charge is 2.45. The Morgan fingerprint density at radius 1 is 0.855 bits per heavy atom. The molecule has 2 atom stereocenters. The van der Waals surface area contributed by atoms with Crippen molar-refractivity contribution in [3.05, 3.63) is 100 Å². The summed E-state index contributed by atoms with van der Waals surface area (Å²) in [6.07, 6.45) is 12.2. The number of morpholine rings is 1. The van der Waals surface area contributed by atoms with Crippen LogP contribution in [0.1, 0.15) is 103 Å². The number of unbranched alkanes of at least 4 members (excludes halogenated alkanes) is 5. The van der Waals surface area contributed by atoms with Gasteiger partial charge >= 0.3 is 0 Å². The van der Waals surface area contributed by atoms with Gasteiger partial charge in [-0.25, -0.2) is 19.2 Å². The van der Waals surface area contributed by atoms with Crippen molar-refractivity contribution in [3.8, 4) is 11.1 Å². The Bertz CT molecular complexity index is 2560. The largest absolute Gasteiger partial charge is 0.756 e. The van der Waals surface area contributed by atoms with Crippen molar-refractivity contribution in [3.63, 3.8) is 0 Å². The first kappa shape index (κ1) is 48.1. The van der Waals surface area contributed by atoms with Crippen molar-refractivity contribution in [2.75, 3.05) is 70.9 Å². The molecule has 3 saturated heterocycles. The third-order valence-electron chi connectivity index (χ3n) is 14.1. The van der Waals surface area contributed by atoms with Crippen LogP contribution in [0, 0.1) is 16.8 Å². The average molecular weight is 948 g/mol. The van der Waals surface area contributed by atoms with Crippen molar-refractivity contribution in [1.82, 2.24) is 45.5 Å². The van der Waals surface area contributed by atoms with E-state index in [9.17, 15) is 24.4 Å². The van der Waals surface area contributed by atoms with Crippen LogP contribution in [-0.4, -0.2) is 142 Å². The number of benzene rings is 3. The van der Waals surface area contributed by atoms with Gasteiger partial charge in [-0.3, -0.25) is 38.9 Å². The molecule has 0 saturated carbocycles. The van der Waals surface area contributed by atoms with E-state index in [4.69, 9.17) is 14.7 Å². The van der Waals surface area contributed by atoms with Crippen LogP contribution in [0.4, 0.5) is 14.5 Å². The molecule has 0 bridgehead atoms. The Balaban J connectivity index is 0.675. The maximum absolute atomic E-state index is 15.5. The predicted octanol–water partition coefficient (Wildman–Crippen LogP) is 6.07. The number of hydroxylamine groups is 2. The van der Waals surface area contributed by atoms with E-state index >= 15 is 8.78 Å². The maximum atomic E-state index is 15.5. The number of rotatable bonds is 18. The van der Waals surface area contributed by atoms with E-state index in [1.165, 1.54) is 12.1 Å². The minimum absolute atomic E-state index is 0.0340. The first-order valence-corrected chi connectivity index (χ1v) is 24.6. The van der Waals surface area contributed by atoms with Gasteiger partial charge in [0.15, 0.2) is 0 Å². The molecule has 366 valence electrons. The van der Waals surface area contributed by atoms with Gasteiger partial charge in [-0.15, -0.1) is 0 Å². The van der Waals surface area contributed by atoms with Crippen LogP contribution in [-0.2, 0) is 20.9 Å². The number of piperidine rings is 2. The number of carbonyl (C=O) groups excluding carboxylic acids is 4. The topological polar surface area (TPSA) is 179 Å². The molecule has 5 aliphatic rings. The Hall–Kier alpha value is -5.92. The molecule has 0 spiro atoms. The quantitative estimate of drug-likeness (QED) is 0.0774. The number of carbonyl (C=O) groups is 4. The monoisotopic (exact) mass is 947 g/mol. The van der Waals surface area contributed by atoms with Crippen LogP contribution >= 0.6 is 0 Å². The minimum atomic E-state index is -1.06. The maximum Gasteiger partial charge on any atom is 0.264 e. The van der Waals surface area contributed by atoms with Crippen LogP contribution in [0.15, 0.2) is 60.9 Å². The number of nitrogens with zero attached hydrogens (tertiary/aromatic N) is 7. The number of para-hydroxylation sites is 1. The number of nitrogens with one attached hydrogen (secondary N) is 3. The van der Waals surface area contributed by atoms with E-state index in [0.717, 1.165) is 74.9 Å². The van der Waals surface area contributed by atoms with E-state index in [1.54, 1.807) is 24.4 Å². The normalized spacial score (nSPS) is 20.6. The molecular formula is C51H61F2N10O6-. The molecule has 1 aromatic heterocycles. The second-order valence-corrected chi connectivity index (χ2v) is 18.8. The van der Waals surface area contributed by atoms with E-state index in [0.29, 0.717) is 91.0 Å². The summed E-state index contributed by atoms with van der Waals surface area (Å²) in [5.41, 5.74) is 8.62. The Kier molecular flexibility index (Phi) is 15.2. The van der Waals surface area contributed by atoms with Crippen molar-refractivity contribution in [1.29, 1.82) is 0 Å². The standard InChI is InChI=1S/C51H61F2N10O6/c1-33-38(44-29-56-43-14-8-11-36(48(43)57-44)34-27-40(52)39(41(53)28-34)30-60-23-25-69-26-24-60)31-61(58-33)35-16-21-59(22-17-35)32-46(64)55-19-7-5-3-2-4-6-18-54-42-13-9-12-37-47(42)51(67)63(49(37)65)45-15-10-20-62(68)50(45)66/h8-9,11-14,27-29,31,33,35,45,54,58H,2-7,10,15-26,30,32H2,1H3,(H,55,64)/q-1. The summed E-state index contributed by atoms with van der Waals surface area (Å²) in [5, 5.41) is 20.8. The fourth-order valence-electron chi connectivity index (χ4n) is 10.2. The fourth-order valence-corrected chi connectivity index (χ4v) is 10.2. The van der Waals surface area contributed by atoms with Crippen LogP contribution in [0.5, 0.6) is 0 Å². The van der Waals surface area contributed by atoms with E-state index in [2.05, 4.69) is 39.1 Å². The lowest BCUT2D eigenvalue weighted by Crippen LogP contribution is -2.52. The molecule has 3 aromatic carbocycles. The second kappa shape index (κ2) is 21.8. The molecule has 0 radical (unpaired) electrons. The van der Waals surface area contributed by atoms with Crippen molar-refractivity contribution >= 4 is 45.9 Å². The summed E-state index contributed by atoms with van der Waals surface area (Å²) >= 11 is 0. The predicted molar refractivity (Wildman–Crippen MR) is 257 cm³/mol. The molecule has 5 aliphatic heterocycles. The summed E-state index contributed by atoms with van der Waals surface area (Å²) in [6.45, 7) is 7.92. The van der Waals surface area contributed by atoms with Gasteiger partial charge < -0.3 is 30.6 Å². The number of hydrazine groups is 1. The average Bonchev–Trinajstić information content (AvgIpc) is 3.87. The Labute approximate surface area is 401 Å². The van der Waals surface area contributed by atoms with Crippen LogP contribution in [0.3, 0.4) is 0 Å². The highest BCUT2D eigenvalue weighted by atomic mass is 19.1. The second-order valence-electron chi connectivity index (χ2n) is 18.8. The van der Waals surface area contributed by atoms with Crippen LogP contribution < -0.4 is 16.1 Å². The molecule has 3 fully saturated rings. The molecule has 4 amide bonds. The lowest BCUT2D eigenvalue weighted by molar-refractivity contribution is -0.135. The van der Waals surface area contributed by atoms with E-state index < -0.39 is 35.4 Å². The zero-order valence-electron chi connectivity index (χ0n) is 39.2. The number of anilines is 1. The number of hydrogen-bond acceptors (Lipinski definition) is 13. The number of amides is 4. The highest BCUT2D eigenvalue weighted by molar-refractivity contribution is 6.25. The van der Waals surface area contributed by atoms with Crippen LogP contribution in [0.25, 0.3) is 27.7 Å². The Morgan fingerprint density at radius 3 is 2.33 bits per heavy atom. The summed E-state index contributed by atoms with van der Waals surface area (Å²) in [5.74, 6) is -2.94. The molecule has 18 heteroatoms. The summed E-state index contributed by atoms with van der Waals surface area (Å²) < 4.78 is 36.3. The summed E-state index contributed by atoms with van der Waals surface area (Å²) in [4.78, 5) is 66.7. The molecule has 69 heavy (non-hydrogen) atoms. The lowest BCUT2D eigenvalue weighted by atomic mass is 10.0. The lowest BCUT2D eigenvalue weighted by Gasteiger charge is -2.39. The molecular weight excluding hydrogens is 887 g/mol. The number of likely N-dealkylation sites (tertiary alicyclic amines) is 1. The summed E-state index contributed by atoms with van der Waals surface area (Å²) in [6, 6.07) is 12.5. The van der Waals surface area contributed by atoms with Crippen LogP contribution in [0.2, 0.25) is 0 Å². The van der Waals surface area contributed by atoms with Gasteiger partial charge in [-0.2, -0.15) is 0 Å². The third kappa shape index (κ3) is 10.8. The zero-order valence-corrected chi connectivity index (χ0v) is 39.2. The minimum Gasteiger partial charge on any atom is -0.756 e. The first-order chi connectivity index (χ1) is 33.5. The van der Waals surface area contributed by atoms with Gasteiger partial charge in [0.1, 0.15) is 17.7 Å². The van der Waals surface area contributed by atoms with Crippen molar-refractivity contribution in [2.45, 2.75) is 95.8 Å². The zero-order chi connectivity index (χ0) is 48.0. The van der Waals surface area contributed by atoms with Gasteiger partial charge in [-0.1, -0.05) is 43.9 Å². The first-order valence-electron chi connectivity index (χ1n) is 24.6. The van der Waals surface area contributed by atoms with Gasteiger partial charge in [-0.05, 0) is 81.3 Å². The molecule has 4 aromatic rings. The molecule has 0 aliphatic carbocycles. The Morgan fingerprint density at radius 2 is 1.57 bits per heavy atom. The molecule has 6 heterocycles. The third-order valence-corrected chi connectivity index (χ3v) is 14.1. The smallest absolute Gasteiger partial charge is 0.264 e. The number of halogens is 2. The van der Waals surface area contributed by atoms with Gasteiger partial charge in [0.25, 0.3) is 11.8 Å². The van der Waals surface area contributed by atoms with Gasteiger partial charge in [0, 0.05) is 87.0 Å². The molecule has 3 N–H and O–H groups in total. The van der Waals surface area contributed by atoms with Crippen molar-refractivity contribution in [2.24, 2.45) is 0 Å². The number of hydrogen-bond donors (Lipinski definition) is 3. The fraction of sp³-hybridized carbons (Fsp3) is 0.490. The number of fused-ring (bicyclic) bond motifs is 2. The SMILES string of the molecule is CC1NN(C2CCN(CC(=O)NCCCCCCCCNc3cccc4c3C(=O)N(C3CCCN([O-])C3=O)C4=O)CC2)C=C1c1cnc2cccc(-c3cc(F)c(CN4CCOCC4)c(F)c3)c2n1. The van der Waals surface area contributed by atoms with E-state index in [1.807, 2.05) is 23.1 Å². The van der Waals surface area contributed by atoms with E-state index in [-0.39, 0.29) is 54.2 Å². The van der Waals surface area contributed by atoms with Crippen molar-refractivity contribution < 1.29 is 32.7 Å². The number of aromatic nitrogens is 2.